The lowest BCUT2D eigenvalue weighted by Gasteiger charge is -2.14. The Morgan fingerprint density at radius 2 is 1.84 bits per heavy atom. The number of carbonyl (C=O) groups excluding carboxylic acids is 1. The number of rotatable bonds is 5. The second-order valence-corrected chi connectivity index (χ2v) is 7.60. The van der Waals surface area contributed by atoms with Crippen molar-refractivity contribution in [2.45, 2.75) is 0 Å². The molecule has 0 radical (unpaired) electrons. The molecule has 0 saturated heterocycles. The fourth-order valence-corrected chi connectivity index (χ4v) is 3.47. The number of nitrogens with one attached hydrogen (secondary N) is 1. The summed E-state index contributed by atoms with van der Waals surface area (Å²) in [5.74, 6) is 0.809. The van der Waals surface area contributed by atoms with Crippen molar-refractivity contribution in [2.24, 2.45) is 0 Å². The molecule has 9 heteroatoms. The molecule has 0 bridgehead atoms. The summed E-state index contributed by atoms with van der Waals surface area (Å²) in [4.78, 5) is 17.4. The molecule has 4 aromatic rings. The quantitative estimate of drug-likeness (QED) is 0.248. The minimum absolute atomic E-state index is 0.00748. The summed E-state index contributed by atoms with van der Waals surface area (Å²) in [5.41, 5.74) is 7.36. The van der Waals surface area contributed by atoms with Crippen molar-refractivity contribution >= 4 is 51.4 Å². The highest BCUT2D eigenvalue weighted by Gasteiger charge is 2.18. The van der Waals surface area contributed by atoms with E-state index in [1.54, 1.807) is 42.6 Å². The normalized spacial score (nSPS) is 10.7. The van der Waals surface area contributed by atoms with Crippen LogP contribution in [0, 0.1) is 0 Å². The molecule has 0 saturated carbocycles. The number of ether oxygens (including phenoxy) is 2. The number of amides is 1. The van der Waals surface area contributed by atoms with Crippen molar-refractivity contribution in [1.29, 1.82) is 0 Å². The highest BCUT2D eigenvalue weighted by atomic mass is 35.5. The number of halogens is 2. The molecule has 1 amide bonds. The number of nitrogens with zero attached hydrogens (tertiary/aromatic N) is 1. The Morgan fingerprint density at radius 1 is 1.03 bits per heavy atom. The third kappa shape index (κ3) is 4.34. The predicted molar refractivity (Wildman–Crippen MR) is 125 cm³/mol. The Bertz CT molecular complexity index is 1340. The van der Waals surface area contributed by atoms with E-state index in [1.807, 2.05) is 0 Å². The molecule has 1 aromatic heterocycles. The zero-order valence-corrected chi connectivity index (χ0v) is 18.2. The highest BCUT2D eigenvalue weighted by Crippen LogP contribution is 2.35. The molecule has 7 nitrogen and oxygen atoms in total. The number of nitrogen functional groups attached to an aromatic ring is 1. The van der Waals surface area contributed by atoms with Gasteiger partial charge in [0.05, 0.1) is 39.6 Å². The van der Waals surface area contributed by atoms with Gasteiger partial charge in [0, 0.05) is 29.8 Å². The number of phenols is 1. The van der Waals surface area contributed by atoms with Gasteiger partial charge in [-0.25, -0.2) is 0 Å². The van der Waals surface area contributed by atoms with Crippen LogP contribution >= 0.6 is 23.2 Å². The second-order valence-electron chi connectivity index (χ2n) is 6.78. The van der Waals surface area contributed by atoms with Crippen LogP contribution in [0.5, 0.6) is 23.0 Å². The zero-order valence-electron chi connectivity index (χ0n) is 16.7. The molecule has 0 atom stereocenters. The number of methoxy groups -OCH3 is 1. The van der Waals surface area contributed by atoms with E-state index in [9.17, 15) is 9.90 Å². The molecule has 4 N–H and O–H groups in total. The van der Waals surface area contributed by atoms with Gasteiger partial charge in [0.2, 0.25) is 0 Å². The topological polar surface area (TPSA) is 107 Å². The SMILES string of the molecule is COc1cc2nccc(Oc3ccc(N)c(Cl)c3)c2cc1C(=O)Nc1ccc(O)cc1Cl. The minimum Gasteiger partial charge on any atom is -0.508 e. The van der Waals surface area contributed by atoms with Crippen molar-refractivity contribution in [1.82, 2.24) is 4.98 Å². The Balaban J connectivity index is 1.74. The first-order chi connectivity index (χ1) is 15.4. The average Bonchev–Trinajstić information content (AvgIpc) is 2.77. The van der Waals surface area contributed by atoms with Crippen LogP contribution in [0.3, 0.4) is 0 Å². The number of hydrogen-bond donors (Lipinski definition) is 3. The monoisotopic (exact) mass is 469 g/mol. The maximum Gasteiger partial charge on any atom is 0.259 e. The van der Waals surface area contributed by atoms with E-state index in [2.05, 4.69) is 10.3 Å². The molecule has 0 fully saturated rings. The van der Waals surface area contributed by atoms with Crippen LogP contribution in [0.15, 0.2) is 60.8 Å². The number of fused-ring (bicyclic) bond motifs is 1. The largest absolute Gasteiger partial charge is 0.508 e. The summed E-state index contributed by atoms with van der Waals surface area (Å²) >= 11 is 12.2. The van der Waals surface area contributed by atoms with E-state index < -0.39 is 5.91 Å². The summed E-state index contributed by atoms with van der Waals surface area (Å²) < 4.78 is 11.4. The lowest BCUT2D eigenvalue weighted by molar-refractivity contribution is 0.102. The van der Waals surface area contributed by atoms with Crippen molar-refractivity contribution in [3.8, 4) is 23.0 Å². The van der Waals surface area contributed by atoms with Crippen molar-refractivity contribution < 1.29 is 19.4 Å². The molecule has 1 heterocycles. The summed E-state index contributed by atoms with van der Waals surface area (Å²) in [7, 11) is 1.46. The fourth-order valence-electron chi connectivity index (χ4n) is 3.08. The Morgan fingerprint density at radius 3 is 2.56 bits per heavy atom. The van der Waals surface area contributed by atoms with Crippen molar-refractivity contribution in [3.05, 3.63) is 76.4 Å². The van der Waals surface area contributed by atoms with E-state index in [1.165, 1.54) is 25.3 Å². The van der Waals surface area contributed by atoms with Crippen molar-refractivity contribution in [2.75, 3.05) is 18.2 Å². The molecular formula is C23H17Cl2N3O4. The Hall–Kier alpha value is -3.68. The number of nitrogens with two attached hydrogens (primary N) is 1. The first-order valence-corrected chi connectivity index (χ1v) is 10.1. The minimum atomic E-state index is -0.457. The van der Waals surface area contributed by atoms with Gasteiger partial charge in [-0.1, -0.05) is 23.2 Å². The van der Waals surface area contributed by atoms with E-state index >= 15 is 0 Å². The van der Waals surface area contributed by atoms with E-state index in [4.69, 9.17) is 38.4 Å². The summed E-state index contributed by atoms with van der Waals surface area (Å²) in [6.07, 6.45) is 1.59. The lowest BCUT2D eigenvalue weighted by atomic mass is 10.1. The van der Waals surface area contributed by atoms with Crippen LogP contribution < -0.4 is 20.5 Å². The van der Waals surface area contributed by atoms with Gasteiger partial charge >= 0.3 is 0 Å². The molecule has 0 aliphatic rings. The van der Waals surface area contributed by atoms with E-state index in [-0.39, 0.29) is 16.3 Å². The molecule has 0 unspecified atom stereocenters. The van der Waals surface area contributed by atoms with Gasteiger partial charge in [0.1, 0.15) is 23.0 Å². The summed E-state index contributed by atoms with van der Waals surface area (Å²) in [6.45, 7) is 0. The lowest BCUT2D eigenvalue weighted by Crippen LogP contribution is -2.13. The van der Waals surface area contributed by atoms with Crippen LogP contribution in [0.25, 0.3) is 10.9 Å². The van der Waals surface area contributed by atoms with Gasteiger partial charge in [-0.2, -0.15) is 0 Å². The van der Waals surface area contributed by atoms with Crippen molar-refractivity contribution in [3.63, 3.8) is 0 Å². The maximum atomic E-state index is 13.0. The number of pyridine rings is 1. The third-order valence-electron chi connectivity index (χ3n) is 4.67. The van der Waals surface area contributed by atoms with Gasteiger partial charge in [-0.05, 0) is 36.4 Å². The molecule has 0 aliphatic heterocycles. The smallest absolute Gasteiger partial charge is 0.259 e. The average molecular weight is 470 g/mol. The number of anilines is 2. The highest BCUT2D eigenvalue weighted by molar-refractivity contribution is 6.34. The van der Waals surface area contributed by atoms with Gasteiger partial charge in [-0.3, -0.25) is 9.78 Å². The fraction of sp³-hybridized carbons (Fsp3) is 0.0435. The molecule has 0 aliphatic carbocycles. The summed E-state index contributed by atoms with van der Waals surface area (Å²) in [5, 5.41) is 13.4. The standard InChI is InChI=1S/C23H17Cl2N3O4/c1-31-22-11-20-14(10-15(22)23(30)28-19-5-2-12(29)8-17(19)25)21(6-7-27-20)32-13-3-4-18(26)16(24)9-13/h2-11,29H,26H2,1H3,(H,28,30). The van der Waals surface area contributed by atoms with Crippen LogP contribution in [0.1, 0.15) is 10.4 Å². The second kappa shape index (κ2) is 8.82. The Labute approximate surface area is 193 Å². The van der Waals surface area contributed by atoms with Crippen LogP contribution in [-0.4, -0.2) is 23.1 Å². The van der Waals surface area contributed by atoms with Gasteiger partial charge in [0.25, 0.3) is 5.91 Å². The van der Waals surface area contributed by atoms with E-state index in [0.717, 1.165) is 0 Å². The maximum absolute atomic E-state index is 13.0. The molecular weight excluding hydrogens is 453 g/mol. The molecule has 3 aromatic carbocycles. The van der Waals surface area contributed by atoms with Gasteiger partial charge < -0.3 is 25.6 Å². The number of benzene rings is 3. The molecule has 0 spiro atoms. The van der Waals surface area contributed by atoms with Gasteiger partial charge in [0.15, 0.2) is 0 Å². The van der Waals surface area contributed by atoms with Crippen LogP contribution in [0.2, 0.25) is 10.0 Å². The first-order valence-electron chi connectivity index (χ1n) is 9.35. The Kier molecular flexibility index (Phi) is 5.94. The number of aromatic nitrogens is 1. The number of aromatic hydroxyl groups is 1. The van der Waals surface area contributed by atoms with Crippen LogP contribution in [0.4, 0.5) is 11.4 Å². The van der Waals surface area contributed by atoms with Crippen LogP contribution in [-0.2, 0) is 0 Å². The predicted octanol–water partition coefficient (Wildman–Crippen LogP) is 5.88. The van der Waals surface area contributed by atoms with Gasteiger partial charge in [-0.15, -0.1) is 0 Å². The van der Waals surface area contributed by atoms with E-state index in [0.29, 0.717) is 44.5 Å². The first kappa shape index (κ1) is 21.5. The number of hydrogen-bond acceptors (Lipinski definition) is 6. The number of carbonyl (C=O) groups is 1. The summed E-state index contributed by atoms with van der Waals surface area (Å²) in [6, 6.07) is 14.1. The molecule has 162 valence electrons. The third-order valence-corrected chi connectivity index (χ3v) is 5.31. The molecule has 32 heavy (non-hydrogen) atoms. The zero-order chi connectivity index (χ0) is 22.8. The number of phenolic OH excluding ortho intramolecular Hbond substituents is 1. The molecule has 4 rings (SSSR count).